The highest BCUT2D eigenvalue weighted by Crippen LogP contribution is 2.34. The Kier molecular flexibility index (Phi) is 7.76. The molecule has 0 saturated heterocycles. The summed E-state index contributed by atoms with van der Waals surface area (Å²) in [5.41, 5.74) is 7.41. The second-order valence-electron chi connectivity index (χ2n) is 6.51. The minimum absolute atomic E-state index is 0.192. The topological polar surface area (TPSA) is 80.7 Å². The summed E-state index contributed by atoms with van der Waals surface area (Å²) >= 11 is 0. The van der Waals surface area contributed by atoms with Gasteiger partial charge < -0.3 is 15.2 Å². The summed E-state index contributed by atoms with van der Waals surface area (Å²) in [5.74, 6) is 1.97. The molecular weight excluding hydrogens is 314 g/mol. The lowest BCUT2D eigenvalue weighted by molar-refractivity contribution is 0.259. The fraction of sp³-hybridized carbons (Fsp3) is 0.600. The first-order valence-electron chi connectivity index (χ1n) is 9.54. The van der Waals surface area contributed by atoms with Gasteiger partial charge in [0.25, 0.3) is 0 Å². The van der Waals surface area contributed by atoms with E-state index < -0.39 is 0 Å². The number of fused-ring (bicyclic) bond motifs is 1. The van der Waals surface area contributed by atoms with E-state index in [2.05, 4.69) is 18.8 Å². The first-order valence-corrected chi connectivity index (χ1v) is 9.54. The molecule has 0 aromatic heterocycles. The Morgan fingerprint density at radius 2 is 1.36 bits per heavy atom. The first-order chi connectivity index (χ1) is 12.2. The molecule has 138 valence electrons. The van der Waals surface area contributed by atoms with Crippen LogP contribution < -0.4 is 15.2 Å². The van der Waals surface area contributed by atoms with E-state index >= 15 is 0 Å². The van der Waals surface area contributed by atoms with Gasteiger partial charge in [0.15, 0.2) is 17.3 Å². The molecular formula is C20H31N3O2. The molecule has 3 N–H and O–H groups in total. The smallest absolute Gasteiger partial charge is 0.161 e. The first kappa shape index (κ1) is 19.3. The van der Waals surface area contributed by atoms with Gasteiger partial charge in [0.2, 0.25) is 0 Å². The fourth-order valence-electron chi connectivity index (χ4n) is 2.86. The number of nitrogens with two attached hydrogens (primary N) is 1. The van der Waals surface area contributed by atoms with Crippen LogP contribution in [-0.2, 0) is 0 Å². The molecule has 0 atom stereocenters. The van der Waals surface area contributed by atoms with Crippen LogP contribution in [0.4, 0.5) is 0 Å². The zero-order valence-corrected chi connectivity index (χ0v) is 15.6. The van der Waals surface area contributed by atoms with Crippen LogP contribution in [0.3, 0.4) is 0 Å². The number of nitrogens with one attached hydrogen (secondary N) is 1. The molecule has 0 aliphatic carbocycles. The van der Waals surface area contributed by atoms with Gasteiger partial charge in [-0.25, -0.2) is 4.99 Å². The second-order valence-corrected chi connectivity index (χ2v) is 6.51. The maximum Gasteiger partial charge on any atom is 0.161 e. The van der Waals surface area contributed by atoms with Crippen LogP contribution in [0.1, 0.15) is 76.3 Å². The molecule has 2 rings (SSSR count). The summed E-state index contributed by atoms with van der Waals surface area (Å²) < 4.78 is 11.9. The van der Waals surface area contributed by atoms with Crippen LogP contribution in [0.2, 0.25) is 0 Å². The summed E-state index contributed by atoms with van der Waals surface area (Å²) in [7, 11) is 0. The number of ether oxygens (including phenoxy) is 2. The lowest BCUT2D eigenvalue weighted by atomic mass is 10.1. The molecule has 5 heteroatoms. The van der Waals surface area contributed by atoms with Gasteiger partial charge >= 0.3 is 0 Å². The van der Waals surface area contributed by atoms with Gasteiger partial charge in [-0.1, -0.05) is 52.4 Å². The second kappa shape index (κ2) is 10.1. The number of hydrogen-bond donors (Lipinski definition) is 2. The molecule has 0 bridgehead atoms. The number of unbranched alkanes of at least 4 members (excludes halogenated alkanes) is 6. The Labute approximate surface area is 151 Å². The van der Waals surface area contributed by atoms with Gasteiger partial charge in [-0.3, -0.25) is 5.41 Å². The minimum Gasteiger partial charge on any atom is -0.490 e. The minimum atomic E-state index is 0.192. The van der Waals surface area contributed by atoms with Crippen molar-refractivity contribution in [2.24, 2.45) is 10.7 Å². The number of nitrogens with zero attached hydrogens (tertiary/aromatic N) is 1. The van der Waals surface area contributed by atoms with Crippen molar-refractivity contribution in [3.05, 3.63) is 23.3 Å². The SMILES string of the molecule is CCCCCCOc1cc2c(cc1OCCCCCC)C(N)=NC2=N. The molecule has 0 amide bonds. The average Bonchev–Trinajstić information content (AvgIpc) is 2.88. The van der Waals surface area contributed by atoms with Gasteiger partial charge in [0.05, 0.1) is 13.2 Å². The van der Waals surface area contributed by atoms with Crippen molar-refractivity contribution in [1.29, 1.82) is 5.41 Å². The zero-order valence-electron chi connectivity index (χ0n) is 15.6. The van der Waals surface area contributed by atoms with Gasteiger partial charge in [0.1, 0.15) is 5.84 Å². The molecule has 1 aliphatic rings. The third kappa shape index (κ3) is 5.48. The lowest BCUT2D eigenvalue weighted by Crippen LogP contribution is -2.11. The molecule has 1 aromatic rings. The van der Waals surface area contributed by atoms with Crippen LogP contribution in [0.15, 0.2) is 17.1 Å². The van der Waals surface area contributed by atoms with Crippen molar-refractivity contribution in [2.75, 3.05) is 13.2 Å². The number of aliphatic imine (C=N–C) groups is 1. The number of amidine groups is 2. The standard InChI is InChI=1S/C20H31N3O2/c1-3-5-7-9-11-24-17-13-15-16(20(22)23-19(15)21)14-18(17)25-12-10-8-6-4-2/h13-14H,3-12H2,1-2H3,(H3,21,22,23). The van der Waals surface area contributed by atoms with Gasteiger partial charge in [-0.15, -0.1) is 0 Å². The lowest BCUT2D eigenvalue weighted by Gasteiger charge is -2.15. The monoisotopic (exact) mass is 345 g/mol. The Balaban J connectivity index is 2.03. The van der Waals surface area contributed by atoms with Crippen LogP contribution in [0.5, 0.6) is 11.5 Å². The van der Waals surface area contributed by atoms with Crippen molar-refractivity contribution >= 4 is 11.7 Å². The van der Waals surface area contributed by atoms with E-state index in [9.17, 15) is 0 Å². The summed E-state index contributed by atoms with van der Waals surface area (Å²) in [5, 5.41) is 7.95. The zero-order chi connectivity index (χ0) is 18.1. The molecule has 0 unspecified atom stereocenters. The molecule has 1 aromatic carbocycles. The van der Waals surface area contributed by atoms with Gasteiger partial charge in [-0.05, 0) is 25.0 Å². The van der Waals surface area contributed by atoms with Crippen LogP contribution in [0, 0.1) is 5.41 Å². The van der Waals surface area contributed by atoms with E-state index in [0.717, 1.165) is 24.0 Å². The van der Waals surface area contributed by atoms with E-state index in [4.69, 9.17) is 20.6 Å². The summed E-state index contributed by atoms with van der Waals surface area (Å²) in [4.78, 5) is 4.05. The van der Waals surface area contributed by atoms with Crippen molar-refractivity contribution in [1.82, 2.24) is 0 Å². The van der Waals surface area contributed by atoms with Gasteiger partial charge in [-0.2, -0.15) is 0 Å². The Hall–Kier alpha value is -2.04. The normalized spacial score (nSPS) is 12.9. The molecule has 0 radical (unpaired) electrons. The third-order valence-corrected chi connectivity index (χ3v) is 4.36. The quantitative estimate of drug-likeness (QED) is 0.541. The van der Waals surface area contributed by atoms with Crippen molar-refractivity contribution < 1.29 is 9.47 Å². The van der Waals surface area contributed by atoms with E-state index in [0.29, 0.717) is 30.5 Å². The molecule has 0 fully saturated rings. The molecule has 5 nitrogen and oxygen atoms in total. The molecule has 0 spiro atoms. The summed E-state index contributed by atoms with van der Waals surface area (Å²) in [6, 6.07) is 3.72. The van der Waals surface area contributed by atoms with Gasteiger partial charge in [0, 0.05) is 11.1 Å². The highest BCUT2D eigenvalue weighted by Gasteiger charge is 2.22. The van der Waals surface area contributed by atoms with Crippen molar-refractivity contribution in [2.45, 2.75) is 65.2 Å². The predicted octanol–water partition coefficient (Wildman–Crippen LogP) is 4.65. The number of rotatable bonds is 12. The maximum atomic E-state index is 7.95. The highest BCUT2D eigenvalue weighted by molar-refractivity contribution is 6.21. The van der Waals surface area contributed by atoms with Crippen molar-refractivity contribution in [3.8, 4) is 11.5 Å². The van der Waals surface area contributed by atoms with E-state index in [1.807, 2.05) is 12.1 Å². The maximum absolute atomic E-state index is 7.95. The van der Waals surface area contributed by atoms with E-state index in [1.165, 1.54) is 38.5 Å². The fourth-order valence-corrected chi connectivity index (χ4v) is 2.86. The Morgan fingerprint density at radius 3 is 1.88 bits per heavy atom. The van der Waals surface area contributed by atoms with Crippen LogP contribution in [0.25, 0.3) is 0 Å². The number of hydrogen-bond acceptors (Lipinski definition) is 4. The van der Waals surface area contributed by atoms with Crippen LogP contribution >= 0.6 is 0 Å². The number of benzene rings is 1. The van der Waals surface area contributed by atoms with Crippen LogP contribution in [-0.4, -0.2) is 24.9 Å². The largest absolute Gasteiger partial charge is 0.490 e. The van der Waals surface area contributed by atoms with E-state index in [-0.39, 0.29) is 5.84 Å². The average molecular weight is 345 g/mol. The molecule has 0 saturated carbocycles. The summed E-state index contributed by atoms with van der Waals surface area (Å²) in [6.07, 6.45) is 9.26. The predicted molar refractivity (Wildman–Crippen MR) is 103 cm³/mol. The van der Waals surface area contributed by atoms with Crippen molar-refractivity contribution in [3.63, 3.8) is 0 Å². The molecule has 1 aliphatic heterocycles. The summed E-state index contributed by atoms with van der Waals surface area (Å²) in [6.45, 7) is 5.72. The van der Waals surface area contributed by atoms with E-state index in [1.54, 1.807) is 0 Å². The molecule has 25 heavy (non-hydrogen) atoms. The molecule has 1 heterocycles. The Morgan fingerprint density at radius 1 is 0.840 bits per heavy atom. The highest BCUT2D eigenvalue weighted by atomic mass is 16.5. The Bertz CT molecular complexity index is 611. The third-order valence-electron chi connectivity index (χ3n) is 4.36.